The van der Waals surface area contributed by atoms with E-state index in [1.165, 1.54) is 22.5 Å². The van der Waals surface area contributed by atoms with Gasteiger partial charge in [0.25, 0.3) is 0 Å². The number of aryl methyl sites for hydroxylation is 1. The van der Waals surface area contributed by atoms with Crippen LogP contribution in [0.15, 0.2) is 52.4 Å². The summed E-state index contributed by atoms with van der Waals surface area (Å²) in [5, 5.41) is 5.08. The van der Waals surface area contributed by atoms with Crippen LogP contribution < -0.4 is 9.88 Å². The molecule has 0 amide bonds. The maximum Gasteiger partial charge on any atom is 0.243 e. The van der Waals surface area contributed by atoms with Crippen LogP contribution in [0, 0.1) is 6.92 Å². The van der Waals surface area contributed by atoms with E-state index in [1.54, 1.807) is 18.3 Å². The lowest BCUT2D eigenvalue weighted by Gasteiger charge is -2.18. The molecule has 1 fully saturated rings. The van der Waals surface area contributed by atoms with Gasteiger partial charge in [-0.2, -0.15) is 4.31 Å². The van der Waals surface area contributed by atoms with Gasteiger partial charge in [0, 0.05) is 12.7 Å². The first-order chi connectivity index (χ1) is 12.2. The maximum absolute atomic E-state index is 12.8. The number of ether oxygens (including phenoxy) is 1. The monoisotopic (exact) mass is 397 g/mol. The molecule has 1 unspecified atom stereocenters. The van der Waals surface area contributed by atoms with Gasteiger partial charge >= 0.3 is 0 Å². The van der Waals surface area contributed by atoms with Crippen molar-refractivity contribution >= 4 is 20.0 Å². The zero-order valence-corrected chi connectivity index (χ0v) is 15.7. The van der Waals surface area contributed by atoms with Crippen molar-refractivity contribution in [1.82, 2.24) is 9.29 Å². The molecule has 0 bridgehead atoms. The Morgan fingerprint density at radius 2 is 1.88 bits per heavy atom. The quantitative estimate of drug-likeness (QED) is 0.800. The van der Waals surface area contributed by atoms with Gasteiger partial charge in [-0.15, -0.1) is 0 Å². The largest absolute Gasteiger partial charge is 0.487 e. The third-order valence-corrected chi connectivity index (χ3v) is 6.90. The molecule has 2 heterocycles. The number of benzene rings is 1. The van der Waals surface area contributed by atoms with Crippen LogP contribution in [0.1, 0.15) is 12.1 Å². The van der Waals surface area contributed by atoms with Gasteiger partial charge in [-0.05, 0) is 43.7 Å². The van der Waals surface area contributed by atoms with Gasteiger partial charge in [0.15, 0.2) is 0 Å². The third kappa shape index (κ3) is 3.88. The van der Waals surface area contributed by atoms with E-state index in [1.807, 2.05) is 6.92 Å². The molecule has 2 N–H and O–H groups in total. The molecule has 0 aliphatic carbocycles. The molecule has 0 radical (unpaired) electrons. The van der Waals surface area contributed by atoms with Crippen LogP contribution in [0.3, 0.4) is 0 Å². The molecule has 1 aromatic carbocycles. The Morgan fingerprint density at radius 3 is 2.58 bits per heavy atom. The molecule has 2 aromatic rings. The summed E-state index contributed by atoms with van der Waals surface area (Å²) in [6.45, 7) is 2.28. The van der Waals surface area contributed by atoms with E-state index in [0.717, 1.165) is 11.8 Å². The predicted molar refractivity (Wildman–Crippen MR) is 94.6 cm³/mol. The van der Waals surface area contributed by atoms with Gasteiger partial charge in [-0.1, -0.05) is 6.07 Å². The topological polar surface area (TPSA) is 120 Å². The van der Waals surface area contributed by atoms with Crippen molar-refractivity contribution in [2.75, 3.05) is 13.1 Å². The van der Waals surface area contributed by atoms with Crippen LogP contribution in [-0.2, 0) is 20.0 Å². The highest BCUT2D eigenvalue weighted by Gasteiger charge is 2.34. The molecule has 0 spiro atoms. The number of rotatable bonds is 5. The van der Waals surface area contributed by atoms with Crippen LogP contribution in [0.2, 0.25) is 0 Å². The normalized spacial score (nSPS) is 18.8. The van der Waals surface area contributed by atoms with Gasteiger partial charge in [-0.25, -0.2) is 22.0 Å². The van der Waals surface area contributed by atoms with Gasteiger partial charge in [0.1, 0.15) is 11.9 Å². The zero-order valence-electron chi connectivity index (χ0n) is 14.1. The lowest BCUT2D eigenvalue weighted by molar-refractivity contribution is 0.213. The van der Waals surface area contributed by atoms with Gasteiger partial charge in [-0.3, -0.25) is 4.98 Å². The van der Waals surface area contributed by atoms with Crippen molar-refractivity contribution < 1.29 is 21.6 Å². The summed E-state index contributed by atoms with van der Waals surface area (Å²) >= 11 is 0. The molecular formula is C16H19N3O5S2. The summed E-state index contributed by atoms with van der Waals surface area (Å²) in [6.07, 6.45) is 1.89. The molecule has 1 aliphatic rings. The highest BCUT2D eigenvalue weighted by Crippen LogP contribution is 2.26. The Labute approximate surface area is 152 Å². The van der Waals surface area contributed by atoms with E-state index in [2.05, 4.69) is 4.98 Å². The first-order valence-electron chi connectivity index (χ1n) is 7.89. The van der Waals surface area contributed by atoms with Crippen LogP contribution >= 0.6 is 0 Å². The second-order valence-electron chi connectivity index (χ2n) is 6.00. The summed E-state index contributed by atoms with van der Waals surface area (Å²) in [7, 11) is -7.82. The molecule has 1 aromatic heterocycles. The van der Waals surface area contributed by atoms with Crippen molar-refractivity contribution in [1.29, 1.82) is 0 Å². The molecule has 26 heavy (non-hydrogen) atoms. The first kappa shape index (κ1) is 18.8. The van der Waals surface area contributed by atoms with Gasteiger partial charge < -0.3 is 4.74 Å². The minimum atomic E-state index is -3.98. The van der Waals surface area contributed by atoms with Crippen LogP contribution in [0.25, 0.3) is 0 Å². The SMILES string of the molecule is Cc1ncccc1OC1CCN(S(=O)(=O)c2cccc(S(N)(=O)=O)c2)C1. The zero-order chi connectivity index (χ0) is 18.9. The molecule has 140 valence electrons. The summed E-state index contributed by atoms with van der Waals surface area (Å²) in [5.41, 5.74) is 0.731. The fourth-order valence-corrected chi connectivity index (χ4v) is 4.91. The van der Waals surface area contributed by atoms with E-state index in [0.29, 0.717) is 12.2 Å². The average molecular weight is 397 g/mol. The van der Waals surface area contributed by atoms with Crippen molar-refractivity contribution in [2.24, 2.45) is 5.14 Å². The van der Waals surface area contributed by atoms with E-state index in [9.17, 15) is 16.8 Å². The van der Waals surface area contributed by atoms with Crippen LogP contribution in [0.4, 0.5) is 0 Å². The number of primary sulfonamides is 1. The molecule has 0 saturated carbocycles. The van der Waals surface area contributed by atoms with E-state index in [4.69, 9.17) is 9.88 Å². The van der Waals surface area contributed by atoms with Crippen LogP contribution in [-0.4, -0.2) is 45.3 Å². The Bertz CT molecular complexity index is 1020. The number of sulfonamides is 2. The number of nitrogens with two attached hydrogens (primary N) is 1. The van der Waals surface area contributed by atoms with E-state index >= 15 is 0 Å². The fraction of sp³-hybridized carbons (Fsp3) is 0.312. The smallest absolute Gasteiger partial charge is 0.243 e. The first-order valence-corrected chi connectivity index (χ1v) is 10.9. The molecule has 3 rings (SSSR count). The molecule has 8 nitrogen and oxygen atoms in total. The Kier molecular flexibility index (Phi) is 5.02. The van der Waals surface area contributed by atoms with Crippen LogP contribution in [0.5, 0.6) is 5.75 Å². The maximum atomic E-state index is 12.8. The summed E-state index contributed by atoms with van der Waals surface area (Å²) < 4.78 is 55.7. The second kappa shape index (κ2) is 6.95. The van der Waals surface area contributed by atoms with Crippen molar-refractivity contribution in [3.05, 3.63) is 48.3 Å². The highest BCUT2D eigenvalue weighted by atomic mass is 32.2. The molecule has 1 saturated heterocycles. The predicted octanol–water partition coefficient (Wildman–Crippen LogP) is 0.879. The lowest BCUT2D eigenvalue weighted by Crippen LogP contribution is -2.31. The van der Waals surface area contributed by atoms with Crippen molar-refractivity contribution in [2.45, 2.75) is 29.2 Å². The molecule has 10 heteroatoms. The third-order valence-electron chi connectivity index (χ3n) is 4.13. The fourth-order valence-electron chi connectivity index (χ4n) is 2.75. The van der Waals surface area contributed by atoms with Crippen molar-refractivity contribution in [3.63, 3.8) is 0 Å². The van der Waals surface area contributed by atoms with E-state index in [-0.39, 0.29) is 29.0 Å². The average Bonchev–Trinajstić information content (AvgIpc) is 3.06. The minimum absolute atomic E-state index is 0.109. The summed E-state index contributed by atoms with van der Waals surface area (Å²) in [6, 6.07) is 8.58. The number of hydrogen-bond donors (Lipinski definition) is 1. The second-order valence-corrected chi connectivity index (χ2v) is 9.50. The Balaban J connectivity index is 1.78. The minimum Gasteiger partial charge on any atom is -0.487 e. The van der Waals surface area contributed by atoms with Gasteiger partial charge in [0.2, 0.25) is 20.0 Å². The Morgan fingerprint density at radius 1 is 1.15 bits per heavy atom. The van der Waals surface area contributed by atoms with Gasteiger partial charge in [0.05, 0.1) is 22.0 Å². The Hall–Kier alpha value is -2.01. The number of hydrogen-bond acceptors (Lipinski definition) is 6. The van der Waals surface area contributed by atoms with E-state index < -0.39 is 20.0 Å². The van der Waals surface area contributed by atoms with Crippen molar-refractivity contribution in [3.8, 4) is 5.75 Å². The summed E-state index contributed by atoms with van der Waals surface area (Å²) in [4.78, 5) is 3.80. The molecule has 1 aliphatic heterocycles. The molecule has 1 atom stereocenters. The molecular weight excluding hydrogens is 378 g/mol. The lowest BCUT2D eigenvalue weighted by atomic mass is 10.3. The summed E-state index contributed by atoms with van der Waals surface area (Å²) in [5.74, 6) is 0.618. The number of nitrogens with zero attached hydrogens (tertiary/aromatic N) is 2. The number of aromatic nitrogens is 1. The number of pyridine rings is 1. The highest BCUT2D eigenvalue weighted by molar-refractivity contribution is 7.90. The standard InChI is InChI=1S/C16H19N3O5S2/c1-12-16(6-3-8-18-12)24-13-7-9-19(11-13)26(22,23)15-5-2-4-14(10-15)25(17,20)21/h2-6,8,10,13H,7,9,11H2,1H3,(H2,17,20,21).